The summed E-state index contributed by atoms with van der Waals surface area (Å²) < 4.78 is 10.0. The lowest BCUT2D eigenvalue weighted by Gasteiger charge is -2.25. The molecular weight excluding hydrogens is 210 g/mol. The quantitative estimate of drug-likeness (QED) is 0.655. The first-order valence-electron chi connectivity index (χ1n) is 5.63. The monoisotopic (exact) mass is 231 g/mol. The number of carbonyl (C=O) groups excluding carboxylic acids is 1. The van der Waals surface area contributed by atoms with Crippen molar-refractivity contribution < 1.29 is 19.4 Å². The summed E-state index contributed by atoms with van der Waals surface area (Å²) in [5.41, 5.74) is -1.48. The lowest BCUT2D eigenvalue weighted by molar-refractivity contribution is -0.160. The Morgan fingerprint density at radius 1 is 1.75 bits per heavy atom. The molecule has 1 rings (SSSR count). The molecule has 0 aromatic carbocycles. The maximum atomic E-state index is 11.2. The molecule has 5 heteroatoms. The van der Waals surface area contributed by atoms with Gasteiger partial charge in [-0.15, -0.1) is 0 Å². The first-order chi connectivity index (χ1) is 7.47. The number of esters is 1. The molecule has 0 saturated carbocycles. The number of hydrogen-bond acceptors (Lipinski definition) is 5. The highest BCUT2D eigenvalue weighted by molar-refractivity contribution is 5.78. The van der Waals surface area contributed by atoms with Gasteiger partial charge >= 0.3 is 5.97 Å². The van der Waals surface area contributed by atoms with Crippen LogP contribution in [0.2, 0.25) is 0 Å². The summed E-state index contributed by atoms with van der Waals surface area (Å²) in [6, 6.07) is 0.124. The highest BCUT2D eigenvalue weighted by Gasteiger charge is 2.32. The second-order valence-electron chi connectivity index (χ2n) is 4.49. The topological polar surface area (TPSA) is 67.8 Å². The van der Waals surface area contributed by atoms with Crippen molar-refractivity contribution in [1.29, 1.82) is 0 Å². The fourth-order valence-corrected chi connectivity index (χ4v) is 1.78. The Morgan fingerprint density at radius 2 is 2.44 bits per heavy atom. The van der Waals surface area contributed by atoms with E-state index in [1.165, 1.54) is 14.0 Å². The average molecular weight is 231 g/mol. The van der Waals surface area contributed by atoms with E-state index >= 15 is 0 Å². The lowest BCUT2D eigenvalue weighted by Crippen LogP contribution is -2.50. The summed E-state index contributed by atoms with van der Waals surface area (Å²) in [6.45, 7) is 4.39. The molecule has 0 bridgehead atoms. The number of hydrogen-bond donors (Lipinski definition) is 2. The zero-order chi connectivity index (χ0) is 12.2. The minimum atomic E-state index is -1.48. The van der Waals surface area contributed by atoms with Crippen molar-refractivity contribution in [1.82, 2.24) is 5.32 Å². The Labute approximate surface area is 96.1 Å². The third-order valence-corrected chi connectivity index (χ3v) is 2.92. The summed E-state index contributed by atoms with van der Waals surface area (Å²) in [4.78, 5) is 11.2. The van der Waals surface area contributed by atoms with E-state index in [1.807, 2.05) is 6.92 Å². The maximum absolute atomic E-state index is 11.2. The van der Waals surface area contributed by atoms with Crippen LogP contribution in [0.4, 0.5) is 0 Å². The number of ether oxygens (including phenoxy) is 2. The van der Waals surface area contributed by atoms with E-state index in [2.05, 4.69) is 10.1 Å². The van der Waals surface area contributed by atoms with Gasteiger partial charge in [0.05, 0.1) is 13.2 Å². The minimum Gasteiger partial charge on any atom is -0.467 e. The van der Waals surface area contributed by atoms with Gasteiger partial charge in [-0.25, -0.2) is 4.79 Å². The van der Waals surface area contributed by atoms with Crippen molar-refractivity contribution in [2.75, 3.05) is 20.3 Å². The Bertz CT molecular complexity index is 236. The van der Waals surface area contributed by atoms with E-state index in [-0.39, 0.29) is 18.7 Å². The zero-order valence-corrected chi connectivity index (χ0v) is 10.2. The Balaban J connectivity index is 2.35. The maximum Gasteiger partial charge on any atom is 0.338 e. The van der Waals surface area contributed by atoms with Crippen LogP contribution in [0.25, 0.3) is 0 Å². The molecule has 2 N–H and O–H groups in total. The molecule has 0 radical (unpaired) electrons. The van der Waals surface area contributed by atoms with E-state index < -0.39 is 11.6 Å². The van der Waals surface area contributed by atoms with Crippen LogP contribution in [0.1, 0.15) is 26.7 Å². The van der Waals surface area contributed by atoms with Crippen molar-refractivity contribution in [3.8, 4) is 0 Å². The van der Waals surface area contributed by atoms with Gasteiger partial charge in [-0.3, -0.25) is 0 Å². The molecule has 0 aromatic heterocycles. The number of rotatable bonds is 5. The molecule has 0 aliphatic carbocycles. The number of aliphatic hydroxyl groups is 1. The van der Waals surface area contributed by atoms with Gasteiger partial charge in [0.2, 0.25) is 0 Å². The summed E-state index contributed by atoms with van der Waals surface area (Å²) in [5, 5.41) is 12.9. The molecule has 3 unspecified atom stereocenters. The van der Waals surface area contributed by atoms with Crippen molar-refractivity contribution in [3.63, 3.8) is 0 Å². The second-order valence-corrected chi connectivity index (χ2v) is 4.49. The molecular formula is C11H21NO4. The first-order valence-corrected chi connectivity index (χ1v) is 5.63. The van der Waals surface area contributed by atoms with Gasteiger partial charge in [-0.05, 0) is 26.7 Å². The van der Waals surface area contributed by atoms with Crippen LogP contribution >= 0.6 is 0 Å². The molecule has 1 saturated heterocycles. The van der Waals surface area contributed by atoms with E-state index in [4.69, 9.17) is 4.74 Å². The van der Waals surface area contributed by atoms with Crippen LogP contribution < -0.4 is 5.32 Å². The highest BCUT2D eigenvalue weighted by Crippen LogP contribution is 2.16. The summed E-state index contributed by atoms with van der Waals surface area (Å²) in [7, 11) is 1.26. The summed E-state index contributed by atoms with van der Waals surface area (Å²) in [6.07, 6.45) is 2.27. The highest BCUT2D eigenvalue weighted by atomic mass is 16.5. The van der Waals surface area contributed by atoms with Gasteiger partial charge < -0.3 is 19.9 Å². The predicted molar refractivity (Wildman–Crippen MR) is 59.1 cm³/mol. The molecule has 5 nitrogen and oxygen atoms in total. The lowest BCUT2D eigenvalue weighted by atomic mass is 10.1. The molecule has 1 heterocycles. The van der Waals surface area contributed by atoms with E-state index in [0.717, 1.165) is 19.4 Å². The standard InChI is InChI=1S/C11H21NO4/c1-8(9-5-4-6-16-9)12-7-11(2,14)10(13)15-3/h8-9,12,14H,4-7H2,1-3H3. The molecule has 16 heavy (non-hydrogen) atoms. The average Bonchev–Trinajstić information content (AvgIpc) is 2.78. The molecule has 1 aliphatic rings. The van der Waals surface area contributed by atoms with Crippen LogP contribution in [0.15, 0.2) is 0 Å². The van der Waals surface area contributed by atoms with E-state index in [9.17, 15) is 9.90 Å². The van der Waals surface area contributed by atoms with Crippen molar-refractivity contribution >= 4 is 5.97 Å². The van der Waals surface area contributed by atoms with Gasteiger partial charge in [-0.1, -0.05) is 0 Å². The second kappa shape index (κ2) is 5.61. The smallest absolute Gasteiger partial charge is 0.338 e. The van der Waals surface area contributed by atoms with Crippen LogP contribution in [-0.2, 0) is 14.3 Å². The normalized spacial score (nSPS) is 26.1. The van der Waals surface area contributed by atoms with Crippen LogP contribution in [0.3, 0.4) is 0 Å². The number of nitrogens with one attached hydrogen (secondary N) is 1. The fourth-order valence-electron chi connectivity index (χ4n) is 1.78. The minimum absolute atomic E-state index is 0.124. The summed E-state index contributed by atoms with van der Waals surface area (Å²) >= 11 is 0. The molecule has 3 atom stereocenters. The van der Waals surface area contributed by atoms with Gasteiger partial charge in [0.25, 0.3) is 0 Å². The summed E-state index contributed by atoms with van der Waals surface area (Å²) in [5.74, 6) is -0.625. The molecule has 1 fully saturated rings. The van der Waals surface area contributed by atoms with Crippen molar-refractivity contribution in [2.24, 2.45) is 0 Å². The largest absolute Gasteiger partial charge is 0.467 e. The molecule has 1 aliphatic heterocycles. The molecule has 0 aromatic rings. The van der Waals surface area contributed by atoms with Crippen molar-refractivity contribution in [2.45, 2.75) is 44.4 Å². The third-order valence-electron chi connectivity index (χ3n) is 2.92. The Morgan fingerprint density at radius 3 is 2.94 bits per heavy atom. The Hall–Kier alpha value is -0.650. The molecule has 0 spiro atoms. The van der Waals surface area contributed by atoms with Crippen LogP contribution in [0.5, 0.6) is 0 Å². The molecule has 94 valence electrons. The predicted octanol–water partition coefficient (Wildman–Crippen LogP) is 0.0675. The fraction of sp³-hybridized carbons (Fsp3) is 0.909. The number of carbonyl (C=O) groups is 1. The number of methoxy groups -OCH3 is 1. The molecule has 0 amide bonds. The van der Waals surface area contributed by atoms with E-state index in [0.29, 0.717) is 0 Å². The van der Waals surface area contributed by atoms with Crippen LogP contribution in [-0.4, -0.2) is 49.1 Å². The van der Waals surface area contributed by atoms with Crippen LogP contribution in [0, 0.1) is 0 Å². The zero-order valence-electron chi connectivity index (χ0n) is 10.2. The SMILES string of the molecule is COC(=O)C(C)(O)CNC(C)C1CCCO1. The van der Waals surface area contributed by atoms with Gasteiger partial charge in [0, 0.05) is 19.2 Å². The first kappa shape index (κ1) is 13.4. The van der Waals surface area contributed by atoms with Gasteiger partial charge in [-0.2, -0.15) is 0 Å². The van der Waals surface area contributed by atoms with Gasteiger partial charge in [0.1, 0.15) is 0 Å². The third kappa shape index (κ3) is 3.43. The van der Waals surface area contributed by atoms with Crippen molar-refractivity contribution in [3.05, 3.63) is 0 Å². The Kier molecular flexibility index (Phi) is 4.70. The van der Waals surface area contributed by atoms with Gasteiger partial charge in [0.15, 0.2) is 5.60 Å². The van der Waals surface area contributed by atoms with E-state index in [1.54, 1.807) is 0 Å².